The number of hydrogen-bond acceptors (Lipinski definition) is 4. The third-order valence-electron chi connectivity index (χ3n) is 5.46. The van der Waals surface area contributed by atoms with E-state index >= 15 is 0 Å². The maximum Gasteiger partial charge on any atom is 0.202 e. The van der Waals surface area contributed by atoms with Crippen molar-refractivity contribution in [3.63, 3.8) is 0 Å². The molecule has 2 heterocycles. The Balaban J connectivity index is 1.70. The van der Waals surface area contributed by atoms with E-state index in [2.05, 4.69) is 24.1 Å². The number of fused-ring (bicyclic) bond motifs is 1. The third-order valence-corrected chi connectivity index (χ3v) is 5.46. The summed E-state index contributed by atoms with van der Waals surface area (Å²) >= 11 is 0. The average molecular weight is 364 g/mol. The van der Waals surface area contributed by atoms with Crippen LogP contribution in [0, 0.1) is 0 Å². The van der Waals surface area contributed by atoms with Gasteiger partial charge in [-0.1, -0.05) is 36.4 Å². The maximum atomic E-state index is 10.8. The van der Waals surface area contributed by atoms with Crippen molar-refractivity contribution in [1.29, 1.82) is 0 Å². The number of hydrogen-bond donors (Lipinski definition) is 2. The molecule has 0 spiro atoms. The van der Waals surface area contributed by atoms with Crippen molar-refractivity contribution in [2.24, 2.45) is 0 Å². The first-order valence-electron chi connectivity index (χ1n) is 9.12. The van der Waals surface area contributed by atoms with Gasteiger partial charge in [-0.2, -0.15) is 0 Å². The standard InChI is InChI=1S/C22H24N2O3/c1-23-11-10-16-12-17(27-2)8-9-18(16)20(23)14-24-21(25)13-19(22(24)26)15-6-4-3-5-7-15/h3-9,12-13,20,25-26H,10-11,14H2,1-2H3. The molecule has 1 atom stereocenters. The largest absolute Gasteiger partial charge is 0.497 e. The van der Waals surface area contributed by atoms with Crippen molar-refractivity contribution in [1.82, 2.24) is 9.47 Å². The molecule has 0 saturated heterocycles. The normalized spacial score (nSPS) is 16.9. The summed E-state index contributed by atoms with van der Waals surface area (Å²) in [5.74, 6) is 1.02. The second-order valence-corrected chi connectivity index (χ2v) is 7.03. The molecule has 0 aliphatic carbocycles. The summed E-state index contributed by atoms with van der Waals surface area (Å²) in [7, 11) is 3.75. The first kappa shape index (κ1) is 17.5. The van der Waals surface area contributed by atoms with E-state index in [1.54, 1.807) is 17.7 Å². The molecular formula is C22H24N2O3. The summed E-state index contributed by atoms with van der Waals surface area (Å²) in [4.78, 5) is 2.26. The van der Waals surface area contributed by atoms with Gasteiger partial charge in [-0.3, -0.25) is 9.47 Å². The summed E-state index contributed by atoms with van der Waals surface area (Å²) in [5.41, 5.74) is 3.98. The van der Waals surface area contributed by atoms with Crippen LogP contribution in [0.1, 0.15) is 17.2 Å². The maximum absolute atomic E-state index is 10.8. The van der Waals surface area contributed by atoms with E-state index in [1.165, 1.54) is 11.1 Å². The molecule has 1 aromatic heterocycles. The van der Waals surface area contributed by atoms with Crippen LogP contribution in [0.5, 0.6) is 17.5 Å². The van der Waals surface area contributed by atoms with E-state index in [0.29, 0.717) is 12.1 Å². The summed E-state index contributed by atoms with van der Waals surface area (Å²) < 4.78 is 6.94. The molecule has 5 nitrogen and oxygen atoms in total. The quantitative estimate of drug-likeness (QED) is 0.739. The Morgan fingerprint density at radius 2 is 1.85 bits per heavy atom. The van der Waals surface area contributed by atoms with Crippen LogP contribution in [0.25, 0.3) is 11.1 Å². The Hall–Kier alpha value is -2.92. The minimum Gasteiger partial charge on any atom is -0.497 e. The zero-order chi connectivity index (χ0) is 19.0. The van der Waals surface area contributed by atoms with Crippen LogP contribution in [0.15, 0.2) is 54.6 Å². The van der Waals surface area contributed by atoms with Crippen LogP contribution in [-0.4, -0.2) is 40.4 Å². The second-order valence-electron chi connectivity index (χ2n) is 7.03. The highest BCUT2D eigenvalue weighted by Crippen LogP contribution is 2.39. The Labute approximate surface area is 159 Å². The lowest BCUT2D eigenvalue weighted by Crippen LogP contribution is -2.34. The predicted molar refractivity (Wildman–Crippen MR) is 105 cm³/mol. The Kier molecular flexibility index (Phi) is 4.54. The van der Waals surface area contributed by atoms with Crippen LogP contribution in [0.2, 0.25) is 0 Å². The van der Waals surface area contributed by atoms with Crippen molar-refractivity contribution >= 4 is 0 Å². The first-order chi connectivity index (χ1) is 13.1. The SMILES string of the molecule is COc1ccc2c(c1)CCN(C)C2Cn1c(O)cc(-c2ccccc2)c1O. The van der Waals surface area contributed by atoms with Crippen LogP contribution in [0.3, 0.4) is 0 Å². The zero-order valence-corrected chi connectivity index (χ0v) is 15.6. The van der Waals surface area contributed by atoms with Gasteiger partial charge >= 0.3 is 0 Å². The van der Waals surface area contributed by atoms with Gasteiger partial charge in [-0.05, 0) is 42.3 Å². The van der Waals surface area contributed by atoms with E-state index in [9.17, 15) is 10.2 Å². The lowest BCUT2D eigenvalue weighted by atomic mass is 9.92. The summed E-state index contributed by atoms with van der Waals surface area (Å²) in [6.07, 6.45) is 0.957. The molecule has 2 N–H and O–H groups in total. The number of ether oxygens (including phenoxy) is 1. The first-order valence-corrected chi connectivity index (χ1v) is 9.12. The van der Waals surface area contributed by atoms with Gasteiger partial charge in [-0.15, -0.1) is 0 Å². The van der Waals surface area contributed by atoms with E-state index in [0.717, 1.165) is 24.3 Å². The van der Waals surface area contributed by atoms with E-state index in [-0.39, 0.29) is 17.8 Å². The Morgan fingerprint density at radius 1 is 1.07 bits per heavy atom. The van der Waals surface area contributed by atoms with Crippen molar-refractivity contribution in [3.05, 3.63) is 65.7 Å². The monoisotopic (exact) mass is 364 g/mol. The third kappa shape index (κ3) is 3.15. The number of nitrogens with zero attached hydrogens (tertiary/aromatic N) is 2. The Morgan fingerprint density at radius 3 is 2.59 bits per heavy atom. The van der Waals surface area contributed by atoms with Crippen LogP contribution < -0.4 is 4.74 Å². The van der Waals surface area contributed by atoms with E-state index in [1.807, 2.05) is 36.4 Å². The molecule has 3 aromatic rings. The van der Waals surface area contributed by atoms with Gasteiger partial charge in [0.15, 0.2) is 5.88 Å². The number of benzene rings is 2. The number of aromatic hydroxyl groups is 2. The molecule has 0 fully saturated rings. The Bertz CT molecular complexity index is 950. The van der Waals surface area contributed by atoms with E-state index in [4.69, 9.17) is 4.74 Å². The molecule has 0 bridgehead atoms. The van der Waals surface area contributed by atoms with Gasteiger partial charge in [0.05, 0.1) is 13.2 Å². The summed E-state index contributed by atoms with van der Waals surface area (Å²) in [6.45, 7) is 1.39. The molecule has 1 aliphatic heterocycles. The molecular weight excluding hydrogens is 340 g/mol. The van der Waals surface area contributed by atoms with Gasteiger partial charge in [0, 0.05) is 24.7 Å². The minimum atomic E-state index is 0.0625. The molecule has 0 saturated carbocycles. The molecule has 0 amide bonds. The predicted octanol–water partition coefficient (Wildman–Crippen LogP) is 3.80. The molecule has 1 unspecified atom stereocenters. The lowest BCUT2D eigenvalue weighted by molar-refractivity contribution is 0.197. The van der Waals surface area contributed by atoms with Crippen LogP contribution in [-0.2, 0) is 13.0 Å². The minimum absolute atomic E-state index is 0.0625. The highest BCUT2D eigenvalue weighted by atomic mass is 16.5. The second kappa shape index (κ2) is 7.00. The van der Waals surface area contributed by atoms with Gasteiger partial charge in [0.2, 0.25) is 5.88 Å². The van der Waals surface area contributed by atoms with Gasteiger partial charge in [0.25, 0.3) is 0 Å². The fourth-order valence-corrected chi connectivity index (χ4v) is 3.89. The number of methoxy groups -OCH3 is 1. The molecule has 4 rings (SSSR count). The smallest absolute Gasteiger partial charge is 0.202 e. The van der Waals surface area contributed by atoms with Crippen molar-refractivity contribution in [2.75, 3.05) is 20.7 Å². The number of likely N-dealkylation sites (N-methyl/N-ethyl adjacent to an activating group) is 1. The topological polar surface area (TPSA) is 57.9 Å². The molecule has 2 aromatic carbocycles. The molecule has 5 heteroatoms. The molecule has 140 valence electrons. The fourth-order valence-electron chi connectivity index (χ4n) is 3.89. The van der Waals surface area contributed by atoms with Gasteiger partial charge in [0.1, 0.15) is 5.75 Å². The van der Waals surface area contributed by atoms with Crippen molar-refractivity contribution < 1.29 is 14.9 Å². The molecule has 27 heavy (non-hydrogen) atoms. The zero-order valence-electron chi connectivity index (χ0n) is 15.6. The number of aromatic nitrogens is 1. The van der Waals surface area contributed by atoms with Gasteiger partial charge in [-0.25, -0.2) is 0 Å². The number of rotatable bonds is 4. The highest BCUT2D eigenvalue weighted by molar-refractivity contribution is 5.70. The van der Waals surface area contributed by atoms with Crippen molar-refractivity contribution in [2.45, 2.75) is 19.0 Å². The van der Waals surface area contributed by atoms with Crippen molar-refractivity contribution in [3.8, 4) is 28.6 Å². The van der Waals surface area contributed by atoms with Crippen LogP contribution >= 0.6 is 0 Å². The van der Waals surface area contributed by atoms with Gasteiger partial charge < -0.3 is 14.9 Å². The lowest BCUT2D eigenvalue weighted by Gasteiger charge is -2.35. The summed E-state index contributed by atoms with van der Waals surface area (Å²) in [6, 6.07) is 17.4. The molecule has 0 radical (unpaired) electrons. The van der Waals surface area contributed by atoms with E-state index < -0.39 is 0 Å². The van der Waals surface area contributed by atoms with Crippen LogP contribution in [0.4, 0.5) is 0 Å². The molecule has 1 aliphatic rings. The highest BCUT2D eigenvalue weighted by Gasteiger charge is 2.27. The average Bonchev–Trinajstić information content (AvgIpc) is 2.98. The summed E-state index contributed by atoms with van der Waals surface area (Å²) in [5, 5.41) is 21.3. The fraction of sp³-hybridized carbons (Fsp3) is 0.273.